The zero-order chi connectivity index (χ0) is 23.2. The van der Waals surface area contributed by atoms with Gasteiger partial charge in [0.25, 0.3) is 0 Å². The van der Waals surface area contributed by atoms with E-state index in [-0.39, 0.29) is 18.2 Å². The van der Waals surface area contributed by atoms with Crippen molar-refractivity contribution < 1.29 is 9.53 Å². The molecular weight excluding hydrogens is 436 g/mol. The Hall–Kier alpha value is -2.44. The minimum Gasteiger partial charge on any atom is -0.489 e. The second-order valence-corrected chi connectivity index (χ2v) is 9.65. The van der Waals surface area contributed by atoms with E-state index in [0.717, 1.165) is 57.6 Å². The highest BCUT2D eigenvalue weighted by atomic mass is 35.5. The molecule has 1 saturated heterocycles. The molecule has 2 amide bonds. The number of piperazine rings is 1. The Morgan fingerprint density at radius 1 is 0.970 bits per heavy atom. The number of ether oxygens (including phenoxy) is 1. The minimum absolute atomic E-state index is 0.169. The zero-order valence-electron chi connectivity index (χ0n) is 19.6. The smallest absolute Gasteiger partial charge is 0.319 e. The first-order valence-corrected chi connectivity index (χ1v) is 12.4. The molecule has 178 valence electrons. The molecule has 1 aliphatic heterocycles. The number of nitrogens with zero attached hydrogens (tertiary/aromatic N) is 2. The predicted molar refractivity (Wildman–Crippen MR) is 136 cm³/mol. The summed E-state index contributed by atoms with van der Waals surface area (Å²) >= 11 is 6.14. The molecule has 1 aliphatic carbocycles. The quantitative estimate of drug-likeness (QED) is 0.595. The molecular formula is C26H35ClN4O2. The molecule has 0 atom stereocenters. The molecule has 4 rings (SSSR count). The number of amides is 2. The van der Waals surface area contributed by atoms with Crippen LogP contribution in [-0.4, -0.2) is 55.3 Å². The monoisotopic (exact) mass is 470 g/mol. The molecule has 1 saturated carbocycles. The molecule has 2 N–H and O–H groups in total. The van der Waals surface area contributed by atoms with Gasteiger partial charge in [-0.15, -0.1) is 0 Å². The van der Waals surface area contributed by atoms with Crippen LogP contribution < -0.4 is 20.3 Å². The van der Waals surface area contributed by atoms with E-state index >= 15 is 0 Å². The summed E-state index contributed by atoms with van der Waals surface area (Å²) in [6.07, 6.45) is 4.41. The van der Waals surface area contributed by atoms with E-state index in [0.29, 0.717) is 16.8 Å². The fraction of sp³-hybridized carbons (Fsp3) is 0.500. The lowest BCUT2D eigenvalue weighted by Crippen LogP contribution is -2.52. The Kier molecular flexibility index (Phi) is 7.99. The molecule has 2 aromatic rings. The molecule has 2 aliphatic rings. The molecule has 0 spiro atoms. The summed E-state index contributed by atoms with van der Waals surface area (Å²) < 4.78 is 6.03. The van der Waals surface area contributed by atoms with Gasteiger partial charge in [0.1, 0.15) is 5.75 Å². The van der Waals surface area contributed by atoms with Crippen LogP contribution >= 0.6 is 11.6 Å². The van der Waals surface area contributed by atoms with Crippen molar-refractivity contribution in [2.75, 3.05) is 36.4 Å². The Balaban J connectivity index is 1.22. The Labute approximate surface area is 202 Å². The molecule has 0 bridgehead atoms. The van der Waals surface area contributed by atoms with Crippen LogP contribution in [0.3, 0.4) is 0 Å². The first-order chi connectivity index (χ1) is 16.0. The summed E-state index contributed by atoms with van der Waals surface area (Å²) in [5.41, 5.74) is 1.84. The number of halogens is 1. The highest BCUT2D eigenvalue weighted by Crippen LogP contribution is 2.31. The number of carbonyl (C=O) groups is 1. The minimum atomic E-state index is -0.178. The van der Waals surface area contributed by atoms with Crippen LogP contribution in [0.2, 0.25) is 5.02 Å². The SMILES string of the molecule is CC(C)Oc1ccccc1N1CCN([C@H]2CC[C@H](NC(=O)Nc3ccccc3Cl)CC2)CC1. The lowest BCUT2D eigenvalue weighted by molar-refractivity contribution is 0.137. The van der Waals surface area contributed by atoms with Gasteiger partial charge in [-0.1, -0.05) is 35.9 Å². The van der Waals surface area contributed by atoms with Gasteiger partial charge in [-0.05, 0) is 63.8 Å². The van der Waals surface area contributed by atoms with Gasteiger partial charge in [-0.3, -0.25) is 4.90 Å². The van der Waals surface area contributed by atoms with Crippen molar-refractivity contribution in [2.24, 2.45) is 0 Å². The summed E-state index contributed by atoms with van der Waals surface area (Å²) in [5.74, 6) is 0.975. The summed E-state index contributed by atoms with van der Waals surface area (Å²) in [6.45, 7) is 8.28. The molecule has 2 fully saturated rings. The van der Waals surface area contributed by atoms with Gasteiger partial charge < -0.3 is 20.3 Å². The van der Waals surface area contributed by atoms with Gasteiger partial charge in [0.05, 0.1) is 22.5 Å². The predicted octanol–water partition coefficient (Wildman–Crippen LogP) is 5.38. The number of rotatable bonds is 6. The number of urea groups is 1. The number of hydrogen-bond acceptors (Lipinski definition) is 4. The number of anilines is 2. The number of carbonyl (C=O) groups excluding carboxylic acids is 1. The van der Waals surface area contributed by atoms with Crippen LogP contribution in [0.4, 0.5) is 16.2 Å². The average molecular weight is 471 g/mol. The highest BCUT2D eigenvalue weighted by Gasteiger charge is 2.29. The van der Waals surface area contributed by atoms with Crippen LogP contribution in [0, 0.1) is 0 Å². The van der Waals surface area contributed by atoms with E-state index in [9.17, 15) is 4.79 Å². The van der Waals surface area contributed by atoms with Crippen molar-refractivity contribution in [3.05, 3.63) is 53.6 Å². The molecule has 2 aromatic carbocycles. The van der Waals surface area contributed by atoms with Crippen LogP contribution in [0.15, 0.2) is 48.5 Å². The van der Waals surface area contributed by atoms with Gasteiger partial charge in [0.15, 0.2) is 0 Å². The summed E-state index contributed by atoms with van der Waals surface area (Å²) in [6, 6.07) is 16.3. The lowest BCUT2D eigenvalue weighted by Gasteiger charge is -2.43. The fourth-order valence-corrected chi connectivity index (χ4v) is 5.07. The van der Waals surface area contributed by atoms with Gasteiger partial charge in [-0.2, -0.15) is 0 Å². The third-order valence-corrected chi connectivity index (χ3v) is 6.88. The van der Waals surface area contributed by atoms with Gasteiger partial charge in [-0.25, -0.2) is 4.79 Å². The summed E-state index contributed by atoms with van der Waals surface area (Å²) in [4.78, 5) is 17.4. The fourth-order valence-electron chi connectivity index (χ4n) is 4.89. The molecule has 6 nitrogen and oxygen atoms in total. The largest absolute Gasteiger partial charge is 0.489 e. The first kappa shape index (κ1) is 23.7. The zero-order valence-corrected chi connectivity index (χ0v) is 20.4. The first-order valence-electron chi connectivity index (χ1n) is 12.1. The molecule has 0 aromatic heterocycles. The maximum Gasteiger partial charge on any atom is 0.319 e. The average Bonchev–Trinajstić information content (AvgIpc) is 2.81. The van der Waals surface area contributed by atoms with E-state index in [1.165, 1.54) is 5.69 Å². The van der Waals surface area contributed by atoms with Crippen molar-refractivity contribution in [1.29, 1.82) is 0 Å². The van der Waals surface area contributed by atoms with Crippen molar-refractivity contribution in [1.82, 2.24) is 10.2 Å². The molecule has 0 unspecified atom stereocenters. The number of benzene rings is 2. The molecule has 33 heavy (non-hydrogen) atoms. The summed E-state index contributed by atoms with van der Waals surface area (Å²) in [5, 5.41) is 6.53. The van der Waals surface area contributed by atoms with E-state index in [4.69, 9.17) is 16.3 Å². The van der Waals surface area contributed by atoms with Gasteiger partial charge in [0, 0.05) is 38.3 Å². The van der Waals surface area contributed by atoms with Crippen molar-refractivity contribution >= 4 is 29.0 Å². The third-order valence-electron chi connectivity index (χ3n) is 6.55. The van der Waals surface area contributed by atoms with Crippen LogP contribution in [0.5, 0.6) is 5.75 Å². The Morgan fingerprint density at radius 3 is 2.33 bits per heavy atom. The number of hydrogen-bond donors (Lipinski definition) is 2. The maximum atomic E-state index is 12.4. The second-order valence-electron chi connectivity index (χ2n) is 9.24. The van der Waals surface area contributed by atoms with Crippen LogP contribution in [0.25, 0.3) is 0 Å². The van der Waals surface area contributed by atoms with Gasteiger partial charge >= 0.3 is 6.03 Å². The van der Waals surface area contributed by atoms with Crippen LogP contribution in [-0.2, 0) is 0 Å². The standard InChI is InChI=1S/C26H35ClN4O2/c1-19(2)33-25-10-6-5-9-24(25)31-17-15-30(16-18-31)21-13-11-20(12-14-21)28-26(32)29-23-8-4-3-7-22(23)27/h3-10,19-21H,11-18H2,1-2H3,(H2,28,29,32)/t20-,21-. The third kappa shape index (κ3) is 6.33. The molecule has 7 heteroatoms. The maximum absolute atomic E-state index is 12.4. The van der Waals surface area contributed by atoms with E-state index in [1.807, 2.05) is 24.3 Å². The van der Waals surface area contributed by atoms with Crippen molar-refractivity contribution in [2.45, 2.75) is 57.7 Å². The van der Waals surface area contributed by atoms with E-state index in [1.54, 1.807) is 6.07 Å². The number of para-hydroxylation sites is 3. The Bertz CT molecular complexity index is 922. The highest BCUT2D eigenvalue weighted by molar-refractivity contribution is 6.33. The molecule has 1 heterocycles. The van der Waals surface area contributed by atoms with Crippen molar-refractivity contribution in [3.8, 4) is 5.75 Å². The van der Waals surface area contributed by atoms with Gasteiger partial charge in [0.2, 0.25) is 0 Å². The Morgan fingerprint density at radius 2 is 1.64 bits per heavy atom. The second kappa shape index (κ2) is 11.1. The number of nitrogens with one attached hydrogen (secondary N) is 2. The van der Waals surface area contributed by atoms with E-state index in [2.05, 4.69) is 52.5 Å². The lowest BCUT2D eigenvalue weighted by atomic mass is 9.90. The van der Waals surface area contributed by atoms with Crippen LogP contribution in [0.1, 0.15) is 39.5 Å². The van der Waals surface area contributed by atoms with E-state index < -0.39 is 0 Å². The summed E-state index contributed by atoms with van der Waals surface area (Å²) in [7, 11) is 0. The van der Waals surface area contributed by atoms with Crippen molar-refractivity contribution in [3.63, 3.8) is 0 Å². The topological polar surface area (TPSA) is 56.8 Å². The normalized spacial score (nSPS) is 21.6. The molecule has 0 radical (unpaired) electrons.